The molecule has 7 heteroatoms. The number of thiocarbonyl (C=S) groups is 1. The number of benzene rings is 1. The molecule has 1 amide bonds. The summed E-state index contributed by atoms with van der Waals surface area (Å²) in [4.78, 5) is 12.1. The third kappa shape index (κ3) is 2.82. The van der Waals surface area contributed by atoms with Crippen LogP contribution in [0.25, 0.3) is 6.08 Å². The van der Waals surface area contributed by atoms with Crippen LogP contribution < -0.4 is 14.8 Å². The summed E-state index contributed by atoms with van der Waals surface area (Å²) in [5.74, 6) is 0.472. The molecule has 0 saturated carbocycles. The van der Waals surface area contributed by atoms with E-state index in [1.54, 1.807) is 12.1 Å². The summed E-state index contributed by atoms with van der Waals surface area (Å²) >= 11 is 6.09. The molecule has 0 atom stereocenters. The van der Waals surface area contributed by atoms with Crippen LogP contribution in [0.4, 0.5) is 0 Å². The number of carbonyl (C=O) groups is 1. The topological polar surface area (TPSA) is 67.8 Å². The average Bonchev–Trinajstić information content (AvgIpc) is 2.69. The monoisotopic (exact) mass is 297 g/mol. The van der Waals surface area contributed by atoms with Gasteiger partial charge in [0, 0.05) is 11.6 Å². The summed E-state index contributed by atoms with van der Waals surface area (Å²) in [7, 11) is 2.93. The second kappa shape index (κ2) is 5.50. The van der Waals surface area contributed by atoms with Crippen LogP contribution in [-0.2, 0) is 4.79 Å². The van der Waals surface area contributed by atoms with E-state index in [2.05, 4.69) is 5.32 Å². The largest absolute Gasteiger partial charge is 0.504 e. The molecule has 0 unspecified atom stereocenters. The molecule has 1 aromatic carbocycles. The fraction of sp³-hybridized carbons (Fsp3) is 0.167. The van der Waals surface area contributed by atoms with Gasteiger partial charge >= 0.3 is 0 Å². The number of hydrogen-bond acceptors (Lipinski definition) is 6. The highest BCUT2D eigenvalue weighted by Gasteiger charge is 2.23. The normalized spacial score (nSPS) is 16.6. The first-order valence-corrected chi connectivity index (χ1v) is 6.47. The summed E-state index contributed by atoms with van der Waals surface area (Å²) in [6, 6.07) is 3.03. The Bertz CT molecular complexity index is 583. The Morgan fingerprint density at radius 2 is 2.00 bits per heavy atom. The van der Waals surface area contributed by atoms with Gasteiger partial charge in [-0.2, -0.15) is 0 Å². The summed E-state index contributed by atoms with van der Waals surface area (Å²) in [6.07, 6.45) is 1.64. The van der Waals surface area contributed by atoms with E-state index in [-0.39, 0.29) is 11.7 Å². The van der Waals surface area contributed by atoms with Crippen molar-refractivity contribution in [2.24, 2.45) is 0 Å². The fourth-order valence-electron chi connectivity index (χ4n) is 1.58. The Morgan fingerprint density at radius 1 is 1.32 bits per heavy atom. The number of ether oxygens (including phenoxy) is 2. The molecule has 0 radical (unpaired) electrons. The van der Waals surface area contributed by atoms with Crippen LogP contribution in [0.1, 0.15) is 5.56 Å². The van der Waals surface area contributed by atoms with E-state index in [0.717, 1.165) is 0 Å². The predicted molar refractivity (Wildman–Crippen MR) is 77.5 cm³/mol. The molecule has 0 aliphatic carbocycles. The molecule has 1 heterocycles. The van der Waals surface area contributed by atoms with Crippen molar-refractivity contribution in [1.82, 2.24) is 5.32 Å². The molecule has 1 aromatic rings. The van der Waals surface area contributed by atoms with E-state index in [9.17, 15) is 9.90 Å². The predicted octanol–water partition coefficient (Wildman–Crippen LogP) is 1.90. The molecule has 100 valence electrons. The smallest absolute Gasteiger partial charge is 0.263 e. The van der Waals surface area contributed by atoms with Gasteiger partial charge in [-0.15, -0.1) is 0 Å². The lowest BCUT2D eigenvalue weighted by Gasteiger charge is -2.09. The van der Waals surface area contributed by atoms with E-state index >= 15 is 0 Å². The van der Waals surface area contributed by atoms with E-state index in [4.69, 9.17) is 21.7 Å². The van der Waals surface area contributed by atoms with Gasteiger partial charge in [0.05, 0.1) is 19.1 Å². The third-order valence-corrected chi connectivity index (χ3v) is 3.62. The number of phenols is 1. The first kappa shape index (κ1) is 13.7. The van der Waals surface area contributed by atoms with E-state index < -0.39 is 0 Å². The molecule has 1 saturated heterocycles. The standard InChI is InChI=1S/C12H11NO4S2/c1-16-8-5-7(14)9(17-2)3-6(8)4-10-11(15)13-12(18)19-10/h3-5,14H,1-2H3,(H,13,15,18)/b10-4-. The Morgan fingerprint density at radius 3 is 2.53 bits per heavy atom. The minimum absolute atomic E-state index is 0.0273. The molecule has 19 heavy (non-hydrogen) atoms. The van der Waals surface area contributed by atoms with Crippen LogP contribution in [0.2, 0.25) is 0 Å². The second-order valence-corrected chi connectivity index (χ2v) is 5.34. The number of nitrogens with one attached hydrogen (secondary N) is 1. The zero-order chi connectivity index (χ0) is 14.0. The Hall–Kier alpha value is -1.73. The number of carbonyl (C=O) groups excluding carboxylic acids is 1. The molecule has 0 aromatic heterocycles. The van der Waals surface area contributed by atoms with Gasteiger partial charge in [0.1, 0.15) is 10.1 Å². The number of hydrogen-bond donors (Lipinski definition) is 2. The summed E-state index contributed by atoms with van der Waals surface area (Å²) < 4.78 is 10.6. The van der Waals surface area contributed by atoms with E-state index in [1.807, 2.05) is 0 Å². The molecule has 2 N–H and O–H groups in total. The van der Waals surface area contributed by atoms with Crippen molar-refractivity contribution in [3.63, 3.8) is 0 Å². The van der Waals surface area contributed by atoms with Gasteiger partial charge in [0.2, 0.25) is 0 Å². The molecule has 1 aliphatic heterocycles. The van der Waals surface area contributed by atoms with Gasteiger partial charge in [0.15, 0.2) is 11.5 Å². The molecular formula is C12H11NO4S2. The summed E-state index contributed by atoms with van der Waals surface area (Å²) in [5.41, 5.74) is 0.625. The van der Waals surface area contributed by atoms with Gasteiger partial charge in [0.25, 0.3) is 5.91 Å². The van der Waals surface area contributed by atoms with E-state index in [0.29, 0.717) is 26.3 Å². The number of phenolic OH excluding ortho intramolecular Hbond substituents is 1. The van der Waals surface area contributed by atoms with Crippen molar-refractivity contribution in [1.29, 1.82) is 0 Å². The number of aromatic hydroxyl groups is 1. The minimum Gasteiger partial charge on any atom is -0.504 e. The summed E-state index contributed by atoms with van der Waals surface area (Å²) in [6.45, 7) is 0. The van der Waals surface area contributed by atoms with Gasteiger partial charge in [-0.3, -0.25) is 4.79 Å². The number of rotatable bonds is 3. The molecule has 1 aliphatic rings. The highest BCUT2D eigenvalue weighted by molar-refractivity contribution is 8.26. The Labute approximate surface area is 119 Å². The number of thioether (sulfide) groups is 1. The van der Waals surface area contributed by atoms with Crippen LogP contribution in [0, 0.1) is 0 Å². The highest BCUT2D eigenvalue weighted by atomic mass is 32.2. The van der Waals surface area contributed by atoms with Crippen LogP contribution in [0.3, 0.4) is 0 Å². The molecule has 0 bridgehead atoms. The van der Waals surface area contributed by atoms with Crippen molar-refractivity contribution in [3.8, 4) is 17.2 Å². The molecular weight excluding hydrogens is 286 g/mol. The lowest BCUT2D eigenvalue weighted by atomic mass is 10.1. The van der Waals surface area contributed by atoms with Gasteiger partial charge in [-0.1, -0.05) is 24.0 Å². The molecule has 5 nitrogen and oxygen atoms in total. The molecule has 1 fully saturated rings. The molecule has 2 rings (SSSR count). The van der Waals surface area contributed by atoms with Crippen LogP contribution in [0.5, 0.6) is 17.2 Å². The second-order valence-electron chi connectivity index (χ2n) is 3.62. The van der Waals surface area contributed by atoms with Crippen LogP contribution >= 0.6 is 24.0 Å². The zero-order valence-electron chi connectivity index (χ0n) is 10.2. The van der Waals surface area contributed by atoms with Crippen molar-refractivity contribution in [2.45, 2.75) is 0 Å². The molecule has 0 spiro atoms. The van der Waals surface area contributed by atoms with Gasteiger partial charge in [-0.05, 0) is 12.1 Å². The summed E-state index contributed by atoms with van der Waals surface area (Å²) in [5, 5.41) is 12.2. The van der Waals surface area contributed by atoms with Crippen LogP contribution in [-0.4, -0.2) is 29.6 Å². The SMILES string of the molecule is COc1cc(/C=C2\SC(=S)NC2=O)c(OC)cc1O. The first-order valence-electron chi connectivity index (χ1n) is 5.25. The van der Waals surface area contributed by atoms with Gasteiger partial charge in [-0.25, -0.2) is 0 Å². The lowest BCUT2D eigenvalue weighted by molar-refractivity contribution is -0.115. The Balaban J connectivity index is 2.47. The fourth-order valence-corrected chi connectivity index (χ4v) is 2.62. The minimum atomic E-state index is -0.246. The van der Waals surface area contributed by atoms with Crippen molar-refractivity contribution in [2.75, 3.05) is 14.2 Å². The van der Waals surface area contributed by atoms with Crippen molar-refractivity contribution < 1.29 is 19.4 Å². The zero-order valence-corrected chi connectivity index (χ0v) is 11.9. The van der Waals surface area contributed by atoms with Crippen LogP contribution in [0.15, 0.2) is 17.0 Å². The van der Waals surface area contributed by atoms with Crippen molar-refractivity contribution >= 4 is 40.3 Å². The lowest BCUT2D eigenvalue weighted by Crippen LogP contribution is -2.17. The van der Waals surface area contributed by atoms with E-state index in [1.165, 1.54) is 32.0 Å². The van der Waals surface area contributed by atoms with Crippen molar-refractivity contribution in [3.05, 3.63) is 22.6 Å². The van der Waals surface area contributed by atoms with Gasteiger partial charge < -0.3 is 19.9 Å². The first-order chi connectivity index (χ1) is 9.05. The maximum atomic E-state index is 11.6. The third-order valence-electron chi connectivity index (χ3n) is 2.46. The maximum Gasteiger partial charge on any atom is 0.263 e. The maximum absolute atomic E-state index is 11.6. The number of amides is 1. The average molecular weight is 297 g/mol. The highest BCUT2D eigenvalue weighted by Crippen LogP contribution is 2.36. The number of methoxy groups -OCH3 is 2. The Kier molecular flexibility index (Phi) is 3.96. The quantitative estimate of drug-likeness (QED) is 0.656.